The summed E-state index contributed by atoms with van der Waals surface area (Å²) >= 11 is 0. The Morgan fingerprint density at radius 2 is 1.73 bits per heavy atom. The third-order valence-electron chi connectivity index (χ3n) is 5.93. The standard InChI is InChI=1S/C24H29N3O3/c1-18(28)25-16-22-15-23(24(29)30-22)20-7-9-21(10-8-20)27-13-11-26(12-14-27)17-19-5-3-2-4-6-19/h2-10,22-23H,11-17H2,1H3,(H,25,28)/t22?,23-/m1/s1. The van der Waals surface area contributed by atoms with Crippen molar-refractivity contribution in [3.8, 4) is 0 Å². The Bertz CT molecular complexity index is 861. The van der Waals surface area contributed by atoms with Gasteiger partial charge in [-0.05, 0) is 23.3 Å². The van der Waals surface area contributed by atoms with Crippen molar-refractivity contribution < 1.29 is 14.3 Å². The summed E-state index contributed by atoms with van der Waals surface area (Å²) in [5, 5.41) is 2.72. The molecular weight excluding hydrogens is 378 g/mol. The molecule has 2 aliphatic rings. The van der Waals surface area contributed by atoms with Crippen molar-refractivity contribution in [1.29, 1.82) is 0 Å². The second-order valence-electron chi connectivity index (χ2n) is 8.12. The average Bonchev–Trinajstić information content (AvgIpc) is 3.14. The minimum Gasteiger partial charge on any atom is -0.460 e. The summed E-state index contributed by atoms with van der Waals surface area (Å²) in [6.07, 6.45) is 0.361. The molecule has 0 aliphatic carbocycles. The van der Waals surface area contributed by atoms with Crippen LogP contribution in [0, 0.1) is 0 Å². The molecule has 0 aromatic heterocycles. The zero-order chi connectivity index (χ0) is 20.9. The summed E-state index contributed by atoms with van der Waals surface area (Å²) < 4.78 is 5.42. The topological polar surface area (TPSA) is 61.9 Å². The van der Waals surface area contributed by atoms with Crippen LogP contribution in [0.5, 0.6) is 0 Å². The maximum absolute atomic E-state index is 12.3. The summed E-state index contributed by atoms with van der Waals surface area (Å²) in [4.78, 5) is 28.2. The molecule has 6 nitrogen and oxygen atoms in total. The van der Waals surface area contributed by atoms with E-state index in [4.69, 9.17) is 4.74 Å². The van der Waals surface area contributed by atoms with Gasteiger partial charge in [0.2, 0.25) is 5.91 Å². The van der Waals surface area contributed by atoms with E-state index >= 15 is 0 Å². The lowest BCUT2D eigenvalue weighted by molar-refractivity contribution is -0.142. The van der Waals surface area contributed by atoms with Crippen LogP contribution in [0.1, 0.15) is 30.4 Å². The molecule has 158 valence electrons. The fourth-order valence-corrected chi connectivity index (χ4v) is 4.23. The third kappa shape index (κ3) is 5.00. The molecule has 2 fully saturated rings. The largest absolute Gasteiger partial charge is 0.460 e. The van der Waals surface area contributed by atoms with Crippen LogP contribution in [0.2, 0.25) is 0 Å². The number of benzene rings is 2. The van der Waals surface area contributed by atoms with Crippen molar-refractivity contribution in [3.05, 3.63) is 65.7 Å². The molecule has 2 heterocycles. The maximum Gasteiger partial charge on any atom is 0.313 e. The van der Waals surface area contributed by atoms with Gasteiger partial charge in [-0.2, -0.15) is 0 Å². The van der Waals surface area contributed by atoms with Gasteiger partial charge in [-0.25, -0.2) is 0 Å². The Morgan fingerprint density at radius 1 is 1.03 bits per heavy atom. The molecule has 2 aromatic rings. The highest BCUT2D eigenvalue weighted by molar-refractivity contribution is 5.80. The Labute approximate surface area is 177 Å². The summed E-state index contributed by atoms with van der Waals surface area (Å²) in [5.41, 5.74) is 3.53. The zero-order valence-corrected chi connectivity index (χ0v) is 17.4. The quantitative estimate of drug-likeness (QED) is 0.746. The Kier molecular flexibility index (Phi) is 6.33. The lowest BCUT2D eigenvalue weighted by Crippen LogP contribution is -2.45. The molecule has 0 radical (unpaired) electrons. The fourth-order valence-electron chi connectivity index (χ4n) is 4.23. The van der Waals surface area contributed by atoms with Crippen LogP contribution in [-0.2, 0) is 20.9 Å². The van der Waals surface area contributed by atoms with E-state index in [2.05, 4.69) is 57.6 Å². The van der Waals surface area contributed by atoms with Crippen molar-refractivity contribution in [2.75, 3.05) is 37.6 Å². The van der Waals surface area contributed by atoms with E-state index in [0.29, 0.717) is 13.0 Å². The second-order valence-corrected chi connectivity index (χ2v) is 8.12. The van der Waals surface area contributed by atoms with E-state index in [1.165, 1.54) is 18.2 Å². The number of nitrogens with one attached hydrogen (secondary N) is 1. The molecular formula is C24H29N3O3. The van der Waals surface area contributed by atoms with Crippen molar-refractivity contribution in [2.24, 2.45) is 0 Å². The Morgan fingerprint density at radius 3 is 2.40 bits per heavy atom. The number of esters is 1. The van der Waals surface area contributed by atoms with Gasteiger partial charge < -0.3 is 15.0 Å². The Hall–Kier alpha value is -2.86. The molecule has 1 unspecified atom stereocenters. The van der Waals surface area contributed by atoms with Gasteiger partial charge in [0.1, 0.15) is 6.10 Å². The molecule has 2 aromatic carbocycles. The lowest BCUT2D eigenvalue weighted by Gasteiger charge is -2.36. The van der Waals surface area contributed by atoms with Crippen LogP contribution < -0.4 is 10.2 Å². The molecule has 2 saturated heterocycles. The van der Waals surface area contributed by atoms with E-state index in [9.17, 15) is 9.59 Å². The SMILES string of the molecule is CC(=O)NCC1C[C@H](c2ccc(N3CCN(Cc4ccccc4)CC3)cc2)C(=O)O1. The molecule has 2 aliphatic heterocycles. The number of ether oxygens (including phenoxy) is 1. The Balaban J connectivity index is 1.30. The molecule has 1 N–H and O–H groups in total. The molecule has 0 spiro atoms. The van der Waals surface area contributed by atoms with Crippen LogP contribution in [0.4, 0.5) is 5.69 Å². The lowest BCUT2D eigenvalue weighted by atomic mass is 9.95. The van der Waals surface area contributed by atoms with Gasteiger partial charge in [-0.1, -0.05) is 42.5 Å². The molecule has 0 saturated carbocycles. The van der Waals surface area contributed by atoms with Gasteiger partial charge in [0, 0.05) is 51.8 Å². The van der Waals surface area contributed by atoms with Crippen LogP contribution in [0.3, 0.4) is 0 Å². The molecule has 6 heteroatoms. The highest BCUT2D eigenvalue weighted by Gasteiger charge is 2.35. The van der Waals surface area contributed by atoms with Crippen LogP contribution in [0.15, 0.2) is 54.6 Å². The predicted molar refractivity (Wildman–Crippen MR) is 116 cm³/mol. The number of carbonyl (C=O) groups is 2. The number of piperazine rings is 1. The van der Waals surface area contributed by atoms with Crippen LogP contribution in [-0.4, -0.2) is 55.6 Å². The van der Waals surface area contributed by atoms with E-state index in [0.717, 1.165) is 38.3 Å². The van der Waals surface area contributed by atoms with Crippen molar-refractivity contribution >= 4 is 17.6 Å². The molecule has 0 bridgehead atoms. The number of hydrogen-bond acceptors (Lipinski definition) is 5. The van der Waals surface area contributed by atoms with E-state index in [-0.39, 0.29) is 23.9 Å². The number of cyclic esters (lactones) is 1. The second kappa shape index (κ2) is 9.30. The number of carbonyl (C=O) groups excluding carboxylic acids is 2. The minimum absolute atomic E-state index is 0.109. The first kappa shape index (κ1) is 20.4. The van der Waals surface area contributed by atoms with Crippen molar-refractivity contribution in [3.63, 3.8) is 0 Å². The third-order valence-corrected chi connectivity index (χ3v) is 5.93. The first-order valence-electron chi connectivity index (χ1n) is 10.6. The van der Waals surface area contributed by atoms with Gasteiger partial charge in [0.05, 0.1) is 12.5 Å². The summed E-state index contributed by atoms with van der Waals surface area (Å²) in [7, 11) is 0. The minimum atomic E-state index is -0.250. The average molecular weight is 408 g/mol. The molecule has 30 heavy (non-hydrogen) atoms. The van der Waals surface area contributed by atoms with Gasteiger partial charge in [-0.15, -0.1) is 0 Å². The molecule has 4 rings (SSSR count). The smallest absolute Gasteiger partial charge is 0.313 e. The summed E-state index contributed by atoms with van der Waals surface area (Å²) in [6, 6.07) is 18.9. The van der Waals surface area contributed by atoms with Crippen molar-refractivity contribution in [1.82, 2.24) is 10.2 Å². The zero-order valence-electron chi connectivity index (χ0n) is 17.4. The van der Waals surface area contributed by atoms with Crippen LogP contribution >= 0.6 is 0 Å². The highest BCUT2D eigenvalue weighted by Crippen LogP contribution is 2.32. The maximum atomic E-state index is 12.3. The van der Waals surface area contributed by atoms with E-state index < -0.39 is 0 Å². The summed E-state index contributed by atoms with van der Waals surface area (Å²) in [5.74, 6) is -0.559. The summed E-state index contributed by atoms with van der Waals surface area (Å²) in [6.45, 7) is 6.91. The number of hydrogen-bond donors (Lipinski definition) is 1. The molecule has 2 atom stereocenters. The van der Waals surface area contributed by atoms with Gasteiger partial charge in [0.15, 0.2) is 0 Å². The van der Waals surface area contributed by atoms with Gasteiger partial charge >= 0.3 is 5.97 Å². The predicted octanol–water partition coefficient (Wildman–Crippen LogP) is 2.54. The van der Waals surface area contributed by atoms with E-state index in [1.807, 2.05) is 12.1 Å². The van der Waals surface area contributed by atoms with Crippen LogP contribution in [0.25, 0.3) is 0 Å². The fraction of sp³-hybridized carbons (Fsp3) is 0.417. The highest BCUT2D eigenvalue weighted by atomic mass is 16.6. The van der Waals surface area contributed by atoms with E-state index in [1.54, 1.807) is 0 Å². The normalized spacial score (nSPS) is 22.0. The molecule has 1 amide bonds. The van der Waals surface area contributed by atoms with Gasteiger partial charge in [-0.3, -0.25) is 14.5 Å². The number of rotatable bonds is 6. The first-order chi connectivity index (χ1) is 14.6. The number of nitrogens with zero attached hydrogens (tertiary/aromatic N) is 2. The number of amides is 1. The van der Waals surface area contributed by atoms with Gasteiger partial charge in [0.25, 0.3) is 0 Å². The first-order valence-corrected chi connectivity index (χ1v) is 10.6. The number of anilines is 1. The monoisotopic (exact) mass is 407 g/mol. The van der Waals surface area contributed by atoms with Crippen molar-refractivity contribution in [2.45, 2.75) is 31.9 Å².